The van der Waals surface area contributed by atoms with Gasteiger partial charge in [0.1, 0.15) is 16.9 Å². The average Bonchev–Trinajstić information content (AvgIpc) is 3.33. The monoisotopic (exact) mass is 343 g/mol. The molecule has 3 aromatic heterocycles. The van der Waals surface area contributed by atoms with Gasteiger partial charge in [0.2, 0.25) is 0 Å². The van der Waals surface area contributed by atoms with Crippen LogP contribution in [0.25, 0.3) is 27.5 Å². The zero-order valence-electron chi connectivity index (χ0n) is 13.7. The number of fused-ring (bicyclic) bond motifs is 2. The number of pyridine rings is 1. The molecule has 0 amide bonds. The van der Waals surface area contributed by atoms with Gasteiger partial charge in [-0.3, -0.25) is 10.1 Å². The summed E-state index contributed by atoms with van der Waals surface area (Å²) in [7, 11) is 0. The first-order valence-electron chi connectivity index (χ1n) is 8.29. The van der Waals surface area contributed by atoms with E-state index >= 15 is 0 Å². The lowest BCUT2D eigenvalue weighted by Gasteiger charge is -2.09. The highest BCUT2D eigenvalue weighted by atomic mass is 19.1. The molecule has 0 aliphatic rings. The lowest BCUT2D eigenvalue weighted by atomic mass is 10.0. The summed E-state index contributed by atoms with van der Waals surface area (Å²) in [5.41, 5.74) is 4.44. The molecular formula is C20H14FN5. The maximum Gasteiger partial charge on any atom is 0.131 e. The minimum absolute atomic E-state index is 0.245. The van der Waals surface area contributed by atoms with E-state index in [4.69, 9.17) is 0 Å². The highest BCUT2D eigenvalue weighted by molar-refractivity contribution is 5.91. The molecule has 3 heterocycles. The van der Waals surface area contributed by atoms with Crippen LogP contribution in [0.5, 0.6) is 0 Å². The van der Waals surface area contributed by atoms with Gasteiger partial charge >= 0.3 is 0 Å². The van der Waals surface area contributed by atoms with Crippen molar-refractivity contribution in [1.82, 2.24) is 25.0 Å². The minimum atomic E-state index is -0.245. The van der Waals surface area contributed by atoms with Crippen LogP contribution in [0.1, 0.15) is 11.3 Å². The maximum absolute atomic E-state index is 14.5. The van der Waals surface area contributed by atoms with Crippen LogP contribution in [0, 0.1) is 5.82 Å². The van der Waals surface area contributed by atoms with Crippen LogP contribution < -0.4 is 0 Å². The summed E-state index contributed by atoms with van der Waals surface area (Å²) in [6.07, 6.45) is 5.91. The lowest BCUT2D eigenvalue weighted by Crippen LogP contribution is -1.98. The average molecular weight is 343 g/mol. The van der Waals surface area contributed by atoms with Gasteiger partial charge in [0.15, 0.2) is 0 Å². The van der Waals surface area contributed by atoms with Crippen molar-refractivity contribution in [2.75, 3.05) is 0 Å². The predicted octanol–water partition coefficient (Wildman–Crippen LogP) is 4.03. The van der Waals surface area contributed by atoms with Crippen molar-refractivity contribution in [3.8, 4) is 5.69 Å². The van der Waals surface area contributed by atoms with E-state index in [1.54, 1.807) is 23.1 Å². The number of hydrogen-bond acceptors (Lipinski definition) is 3. The Kier molecular flexibility index (Phi) is 3.28. The molecule has 0 saturated heterocycles. The molecule has 1 N–H and O–H groups in total. The largest absolute Gasteiger partial charge is 0.279 e. The fourth-order valence-electron chi connectivity index (χ4n) is 3.29. The number of nitrogens with one attached hydrogen (secondary N) is 1. The molecule has 26 heavy (non-hydrogen) atoms. The third-order valence-electron chi connectivity index (χ3n) is 4.52. The van der Waals surface area contributed by atoms with E-state index in [9.17, 15) is 4.39 Å². The second-order valence-corrected chi connectivity index (χ2v) is 6.15. The van der Waals surface area contributed by atoms with E-state index in [0.29, 0.717) is 11.8 Å². The van der Waals surface area contributed by atoms with Crippen molar-refractivity contribution in [2.24, 2.45) is 0 Å². The molecule has 0 fully saturated rings. The van der Waals surface area contributed by atoms with Crippen LogP contribution >= 0.6 is 0 Å². The van der Waals surface area contributed by atoms with E-state index < -0.39 is 0 Å². The number of rotatable bonds is 3. The third kappa shape index (κ3) is 2.35. The topological polar surface area (TPSA) is 59.4 Å². The van der Waals surface area contributed by atoms with E-state index in [-0.39, 0.29) is 5.82 Å². The number of H-pyrrole nitrogens is 1. The van der Waals surface area contributed by atoms with Crippen molar-refractivity contribution < 1.29 is 4.39 Å². The molecule has 0 aliphatic heterocycles. The standard InChI is InChI=1S/C20H14FN5/c21-16-6-7-19(26-10-2-9-23-26)14-5-4-13(11-15(14)16)12-18-20-17(24-25-18)3-1-8-22-20/h1-11H,12H2,(H,24,25). The van der Waals surface area contributed by atoms with Gasteiger partial charge in [-0.1, -0.05) is 12.1 Å². The van der Waals surface area contributed by atoms with Crippen LogP contribution in [-0.2, 0) is 6.42 Å². The third-order valence-corrected chi connectivity index (χ3v) is 4.52. The Balaban J connectivity index is 1.61. The SMILES string of the molecule is Fc1ccc(-n2cccn2)c2ccc(Cc3[nH]nc4cccnc34)cc12. The molecule has 0 spiro atoms. The molecule has 5 nitrogen and oxygen atoms in total. The molecule has 5 aromatic rings. The quantitative estimate of drug-likeness (QED) is 0.538. The summed E-state index contributed by atoms with van der Waals surface area (Å²) in [6.45, 7) is 0. The van der Waals surface area contributed by atoms with Crippen molar-refractivity contribution in [2.45, 2.75) is 6.42 Å². The van der Waals surface area contributed by atoms with Crippen LogP contribution in [0.3, 0.4) is 0 Å². The lowest BCUT2D eigenvalue weighted by molar-refractivity contribution is 0.639. The van der Waals surface area contributed by atoms with Crippen LogP contribution in [-0.4, -0.2) is 25.0 Å². The summed E-state index contributed by atoms with van der Waals surface area (Å²) in [5.74, 6) is -0.245. The maximum atomic E-state index is 14.5. The van der Waals surface area contributed by atoms with E-state index in [0.717, 1.165) is 33.4 Å². The van der Waals surface area contributed by atoms with Crippen molar-refractivity contribution >= 4 is 21.8 Å². The summed E-state index contributed by atoms with van der Waals surface area (Å²) < 4.78 is 16.2. The normalized spacial score (nSPS) is 11.4. The second kappa shape index (κ2) is 5.77. The Morgan fingerprint density at radius 2 is 1.96 bits per heavy atom. The molecule has 0 bridgehead atoms. The fourth-order valence-corrected chi connectivity index (χ4v) is 3.29. The molecule has 126 valence electrons. The number of nitrogens with zero attached hydrogens (tertiary/aromatic N) is 4. The van der Waals surface area contributed by atoms with Crippen molar-refractivity contribution in [3.05, 3.63) is 84.2 Å². The fraction of sp³-hybridized carbons (Fsp3) is 0.0500. The van der Waals surface area contributed by atoms with Crippen molar-refractivity contribution in [1.29, 1.82) is 0 Å². The molecule has 0 atom stereocenters. The Morgan fingerprint density at radius 3 is 2.85 bits per heavy atom. The van der Waals surface area contributed by atoms with Gasteiger partial charge in [-0.15, -0.1) is 0 Å². The van der Waals surface area contributed by atoms with Crippen molar-refractivity contribution in [3.63, 3.8) is 0 Å². The second-order valence-electron chi connectivity index (χ2n) is 6.15. The van der Waals surface area contributed by atoms with Crippen LogP contribution in [0.15, 0.2) is 67.1 Å². The highest BCUT2D eigenvalue weighted by Gasteiger charge is 2.11. The first-order valence-corrected chi connectivity index (χ1v) is 8.29. The predicted molar refractivity (Wildman–Crippen MR) is 97.7 cm³/mol. The Labute approximate surface area is 148 Å². The summed E-state index contributed by atoms with van der Waals surface area (Å²) in [6, 6.07) is 14.7. The molecule has 0 unspecified atom stereocenters. The van der Waals surface area contributed by atoms with E-state index in [2.05, 4.69) is 20.3 Å². The highest BCUT2D eigenvalue weighted by Crippen LogP contribution is 2.27. The van der Waals surface area contributed by atoms with Gasteiger partial charge < -0.3 is 0 Å². The molecule has 0 saturated carbocycles. The molecule has 2 aromatic carbocycles. The Morgan fingerprint density at radius 1 is 1.00 bits per heavy atom. The van der Waals surface area contributed by atoms with E-state index in [1.807, 2.05) is 42.6 Å². The first kappa shape index (κ1) is 14.8. The minimum Gasteiger partial charge on any atom is -0.279 e. The number of aromatic nitrogens is 5. The number of halogens is 1. The molecule has 5 rings (SSSR count). The van der Waals surface area contributed by atoms with Gasteiger partial charge in [0.25, 0.3) is 0 Å². The summed E-state index contributed by atoms with van der Waals surface area (Å²) >= 11 is 0. The zero-order chi connectivity index (χ0) is 17.5. The van der Waals surface area contributed by atoms with Crippen LogP contribution in [0.2, 0.25) is 0 Å². The molecule has 0 aliphatic carbocycles. The summed E-state index contributed by atoms with van der Waals surface area (Å²) in [4.78, 5) is 4.39. The number of aromatic amines is 1. The Bertz CT molecular complexity index is 1220. The number of benzene rings is 2. The first-order chi connectivity index (χ1) is 12.8. The molecule has 0 radical (unpaired) electrons. The van der Waals surface area contributed by atoms with Gasteiger partial charge in [0, 0.05) is 35.8 Å². The van der Waals surface area contributed by atoms with Gasteiger partial charge in [0.05, 0.1) is 11.4 Å². The van der Waals surface area contributed by atoms with Crippen LogP contribution in [0.4, 0.5) is 4.39 Å². The van der Waals surface area contributed by atoms with Gasteiger partial charge in [-0.05, 0) is 42.0 Å². The zero-order valence-corrected chi connectivity index (χ0v) is 13.7. The van der Waals surface area contributed by atoms with E-state index in [1.165, 1.54) is 6.07 Å². The summed E-state index contributed by atoms with van der Waals surface area (Å²) in [5, 5.41) is 13.0. The smallest absolute Gasteiger partial charge is 0.131 e. The molecule has 6 heteroatoms. The number of hydrogen-bond donors (Lipinski definition) is 1. The molecular weight excluding hydrogens is 329 g/mol. The Hall–Kier alpha value is -3.54. The van der Waals surface area contributed by atoms with Gasteiger partial charge in [-0.25, -0.2) is 9.07 Å². The van der Waals surface area contributed by atoms with Gasteiger partial charge in [-0.2, -0.15) is 10.2 Å².